The molecule has 2 N–H and O–H groups in total. The fourth-order valence-corrected chi connectivity index (χ4v) is 1.42. The summed E-state index contributed by atoms with van der Waals surface area (Å²) in [5.41, 5.74) is 1.10. The van der Waals surface area contributed by atoms with Crippen LogP contribution in [-0.4, -0.2) is 17.8 Å². The Bertz CT molecular complexity index is 278. The smallest absolute Gasteiger partial charge is 0.0450 e. The monoisotopic (exact) mass is 213 g/mol. The number of aliphatic hydroxyl groups is 1. The molecule has 0 aliphatic carbocycles. The molecule has 1 aromatic carbocycles. The molecular weight excluding hydrogens is 198 g/mol. The molecule has 3 heteroatoms. The summed E-state index contributed by atoms with van der Waals surface area (Å²) in [6.07, 6.45) is 0.768. The second-order valence-electron chi connectivity index (χ2n) is 3.39. The van der Waals surface area contributed by atoms with Gasteiger partial charge in [0.25, 0.3) is 0 Å². The number of aliphatic hydroxyl groups excluding tert-OH is 1. The van der Waals surface area contributed by atoms with Gasteiger partial charge in [-0.3, -0.25) is 0 Å². The highest BCUT2D eigenvalue weighted by atomic mass is 35.5. The van der Waals surface area contributed by atoms with Crippen LogP contribution in [0.3, 0.4) is 0 Å². The van der Waals surface area contributed by atoms with Crippen LogP contribution in [0.4, 0.5) is 0 Å². The Morgan fingerprint density at radius 1 is 1.43 bits per heavy atom. The van der Waals surface area contributed by atoms with Crippen LogP contribution < -0.4 is 5.32 Å². The van der Waals surface area contributed by atoms with E-state index in [0.29, 0.717) is 6.04 Å². The topological polar surface area (TPSA) is 32.3 Å². The summed E-state index contributed by atoms with van der Waals surface area (Å²) in [7, 11) is 0. The van der Waals surface area contributed by atoms with Gasteiger partial charge in [-0.1, -0.05) is 29.8 Å². The fraction of sp³-hybridized carbons (Fsp3) is 0.455. The van der Waals surface area contributed by atoms with E-state index in [2.05, 4.69) is 5.32 Å². The van der Waals surface area contributed by atoms with Gasteiger partial charge in [0.05, 0.1) is 0 Å². The van der Waals surface area contributed by atoms with Crippen LogP contribution in [0, 0.1) is 0 Å². The maximum atomic E-state index is 8.72. The number of nitrogens with one attached hydrogen (secondary N) is 1. The lowest BCUT2D eigenvalue weighted by Gasteiger charge is -2.12. The van der Waals surface area contributed by atoms with Gasteiger partial charge in [-0.15, -0.1) is 0 Å². The van der Waals surface area contributed by atoms with Crippen LogP contribution in [0.1, 0.15) is 18.9 Å². The minimum atomic E-state index is 0.219. The first-order valence-electron chi connectivity index (χ1n) is 4.81. The average molecular weight is 214 g/mol. The van der Waals surface area contributed by atoms with Crippen molar-refractivity contribution < 1.29 is 5.11 Å². The molecule has 1 rings (SSSR count). The minimum Gasteiger partial charge on any atom is -0.396 e. The standard InChI is InChI=1S/C11H16ClNO/c1-9(6-7-14)13-8-10-4-2-3-5-11(10)12/h2-5,9,13-14H,6-8H2,1H3/t9-/m1/s1. The van der Waals surface area contributed by atoms with Crippen LogP contribution in [0.5, 0.6) is 0 Å². The third kappa shape index (κ3) is 3.66. The van der Waals surface area contributed by atoms with E-state index in [1.165, 1.54) is 0 Å². The zero-order valence-corrected chi connectivity index (χ0v) is 9.09. The maximum Gasteiger partial charge on any atom is 0.0450 e. The van der Waals surface area contributed by atoms with Gasteiger partial charge in [0, 0.05) is 24.2 Å². The predicted molar refractivity (Wildman–Crippen MR) is 59.5 cm³/mol. The van der Waals surface area contributed by atoms with Crippen molar-refractivity contribution in [1.29, 1.82) is 0 Å². The highest BCUT2D eigenvalue weighted by Crippen LogP contribution is 2.14. The molecule has 0 fully saturated rings. The zero-order valence-electron chi connectivity index (χ0n) is 8.33. The lowest BCUT2D eigenvalue weighted by atomic mass is 10.2. The number of hydrogen-bond acceptors (Lipinski definition) is 2. The van der Waals surface area contributed by atoms with Gasteiger partial charge in [0.15, 0.2) is 0 Å². The number of rotatable bonds is 5. The molecule has 0 aromatic heterocycles. The van der Waals surface area contributed by atoms with Crippen molar-refractivity contribution in [2.75, 3.05) is 6.61 Å². The first-order valence-corrected chi connectivity index (χ1v) is 5.19. The van der Waals surface area contributed by atoms with Crippen LogP contribution in [-0.2, 0) is 6.54 Å². The molecular formula is C11H16ClNO. The molecule has 0 amide bonds. The van der Waals surface area contributed by atoms with Crippen LogP contribution in [0.25, 0.3) is 0 Å². The van der Waals surface area contributed by atoms with Crippen molar-refractivity contribution >= 4 is 11.6 Å². The van der Waals surface area contributed by atoms with Gasteiger partial charge >= 0.3 is 0 Å². The summed E-state index contributed by atoms with van der Waals surface area (Å²) in [5, 5.41) is 12.8. The Hall–Kier alpha value is -0.570. The van der Waals surface area contributed by atoms with E-state index < -0.39 is 0 Å². The molecule has 1 atom stereocenters. The van der Waals surface area contributed by atoms with E-state index in [9.17, 15) is 0 Å². The second-order valence-corrected chi connectivity index (χ2v) is 3.79. The molecule has 14 heavy (non-hydrogen) atoms. The Balaban J connectivity index is 2.41. The molecule has 0 unspecified atom stereocenters. The van der Waals surface area contributed by atoms with Gasteiger partial charge in [-0.25, -0.2) is 0 Å². The Morgan fingerprint density at radius 2 is 2.14 bits per heavy atom. The summed E-state index contributed by atoms with van der Waals surface area (Å²) in [4.78, 5) is 0. The van der Waals surface area contributed by atoms with Crippen LogP contribution >= 0.6 is 11.6 Å². The molecule has 0 spiro atoms. The normalized spacial score (nSPS) is 12.8. The first kappa shape index (κ1) is 11.5. The fourth-order valence-electron chi connectivity index (χ4n) is 1.22. The lowest BCUT2D eigenvalue weighted by Crippen LogP contribution is -2.26. The summed E-state index contributed by atoms with van der Waals surface area (Å²) < 4.78 is 0. The Morgan fingerprint density at radius 3 is 2.79 bits per heavy atom. The molecule has 0 aliphatic heterocycles. The van der Waals surface area contributed by atoms with Crippen molar-refractivity contribution in [1.82, 2.24) is 5.32 Å². The first-order chi connectivity index (χ1) is 6.74. The van der Waals surface area contributed by atoms with E-state index in [0.717, 1.165) is 23.6 Å². The lowest BCUT2D eigenvalue weighted by molar-refractivity contribution is 0.268. The molecule has 2 nitrogen and oxygen atoms in total. The minimum absolute atomic E-state index is 0.219. The van der Waals surface area contributed by atoms with E-state index in [-0.39, 0.29) is 6.61 Å². The molecule has 0 saturated heterocycles. The third-order valence-electron chi connectivity index (χ3n) is 2.16. The third-order valence-corrected chi connectivity index (χ3v) is 2.53. The summed E-state index contributed by atoms with van der Waals surface area (Å²) >= 11 is 6.00. The molecule has 0 heterocycles. The van der Waals surface area contributed by atoms with Crippen molar-refractivity contribution in [3.63, 3.8) is 0 Å². The predicted octanol–water partition coefficient (Wildman–Crippen LogP) is 2.20. The van der Waals surface area contributed by atoms with Crippen LogP contribution in [0.15, 0.2) is 24.3 Å². The Labute approximate surface area is 89.9 Å². The molecule has 1 aromatic rings. The highest BCUT2D eigenvalue weighted by Gasteiger charge is 2.02. The van der Waals surface area contributed by atoms with Crippen molar-refractivity contribution in [3.8, 4) is 0 Å². The average Bonchev–Trinajstić information content (AvgIpc) is 2.17. The second kappa shape index (κ2) is 6.02. The molecule has 78 valence electrons. The SMILES string of the molecule is C[C@H](CCO)NCc1ccccc1Cl. The quantitative estimate of drug-likeness (QED) is 0.786. The van der Waals surface area contributed by atoms with Gasteiger partial charge in [0.2, 0.25) is 0 Å². The number of benzene rings is 1. The summed E-state index contributed by atoms with van der Waals surface area (Å²) in [5.74, 6) is 0. The van der Waals surface area contributed by atoms with Crippen molar-refractivity contribution in [2.24, 2.45) is 0 Å². The van der Waals surface area contributed by atoms with Gasteiger partial charge < -0.3 is 10.4 Å². The van der Waals surface area contributed by atoms with E-state index in [1.807, 2.05) is 31.2 Å². The van der Waals surface area contributed by atoms with Crippen LogP contribution in [0.2, 0.25) is 5.02 Å². The highest BCUT2D eigenvalue weighted by molar-refractivity contribution is 6.31. The van der Waals surface area contributed by atoms with Gasteiger partial charge in [-0.05, 0) is 25.0 Å². The number of hydrogen-bond donors (Lipinski definition) is 2. The number of halogens is 1. The summed E-state index contributed by atoms with van der Waals surface area (Å²) in [6, 6.07) is 8.09. The Kier molecular flexibility index (Phi) is 4.94. The molecule has 0 saturated carbocycles. The summed E-state index contributed by atoms with van der Waals surface area (Å²) in [6.45, 7) is 3.02. The largest absolute Gasteiger partial charge is 0.396 e. The van der Waals surface area contributed by atoms with Crippen molar-refractivity contribution in [2.45, 2.75) is 25.9 Å². The van der Waals surface area contributed by atoms with E-state index >= 15 is 0 Å². The van der Waals surface area contributed by atoms with Gasteiger partial charge in [0.1, 0.15) is 0 Å². The molecule has 0 bridgehead atoms. The van der Waals surface area contributed by atoms with Crippen molar-refractivity contribution in [3.05, 3.63) is 34.9 Å². The molecule has 0 radical (unpaired) electrons. The maximum absolute atomic E-state index is 8.72. The zero-order chi connectivity index (χ0) is 10.4. The van der Waals surface area contributed by atoms with E-state index in [1.54, 1.807) is 0 Å². The van der Waals surface area contributed by atoms with Gasteiger partial charge in [-0.2, -0.15) is 0 Å². The molecule has 0 aliphatic rings. The van der Waals surface area contributed by atoms with E-state index in [4.69, 9.17) is 16.7 Å².